The smallest absolute Gasteiger partial charge is 0.256 e. The summed E-state index contributed by atoms with van der Waals surface area (Å²) in [5, 5.41) is 0. The van der Waals surface area contributed by atoms with Crippen molar-refractivity contribution < 1.29 is 18.3 Å². The fourth-order valence-electron chi connectivity index (χ4n) is 3.09. The van der Waals surface area contributed by atoms with E-state index in [0.717, 1.165) is 6.42 Å². The van der Waals surface area contributed by atoms with Gasteiger partial charge in [0, 0.05) is 24.7 Å². The molecule has 0 aromatic heterocycles. The molecule has 3 rings (SSSR count). The van der Waals surface area contributed by atoms with Gasteiger partial charge in [0.05, 0.1) is 12.7 Å². The van der Waals surface area contributed by atoms with E-state index in [1.807, 2.05) is 0 Å². The number of methoxy groups -OCH3 is 1. The van der Waals surface area contributed by atoms with E-state index >= 15 is 0 Å². The number of halogens is 2. The van der Waals surface area contributed by atoms with Gasteiger partial charge < -0.3 is 15.4 Å². The van der Waals surface area contributed by atoms with Crippen LogP contribution >= 0.6 is 0 Å². The number of carbonyl (C=O) groups is 1. The highest BCUT2D eigenvalue weighted by atomic mass is 19.1. The van der Waals surface area contributed by atoms with Crippen LogP contribution in [0.5, 0.6) is 5.75 Å². The molecule has 25 heavy (non-hydrogen) atoms. The Labute approximate surface area is 145 Å². The van der Waals surface area contributed by atoms with Crippen LogP contribution in [-0.4, -0.2) is 37.6 Å². The molecule has 1 aliphatic heterocycles. The summed E-state index contributed by atoms with van der Waals surface area (Å²) in [7, 11) is 1.45. The lowest BCUT2D eigenvalue weighted by Gasteiger charge is -2.17. The van der Waals surface area contributed by atoms with Gasteiger partial charge in [-0.3, -0.25) is 4.79 Å². The first-order valence-electron chi connectivity index (χ1n) is 8.16. The third-order valence-corrected chi connectivity index (χ3v) is 4.59. The van der Waals surface area contributed by atoms with Crippen molar-refractivity contribution in [2.45, 2.75) is 6.42 Å². The van der Waals surface area contributed by atoms with Gasteiger partial charge >= 0.3 is 0 Å². The topological polar surface area (TPSA) is 55.6 Å². The maximum Gasteiger partial charge on any atom is 0.256 e. The molecular weight excluding hydrogens is 326 g/mol. The second-order valence-corrected chi connectivity index (χ2v) is 6.18. The Morgan fingerprint density at radius 1 is 1.24 bits per heavy atom. The minimum Gasteiger partial charge on any atom is -0.497 e. The van der Waals surface area contributed by atoms with Crippen LogP contribution < -0.4 is 10.5 Å². The summed E-state index contributed by atoms with van der Waals surface area (Å²) >= 11 is 0. The third kappa shape index (κ3) is 3.49. The highest BCUT2D eigenvalue weighted by Crippen LogP contribution is 2.28. The summed E-state index contributed by atoms with van der Waals surface area (Å²) in [6, 6.07) is 8.52. The van der Waals surface area contributed by atoms with E-state index in [4.69, 9.17) is 10.5 Å². The number of ether oxygens (including phenoxy) is 1. The molecule has 4 nitrogen and oxygen atoms in total. The number of hydrogen-bond acceptors (Lipinski definition) is 3. The first kappa shape index (κ1) is 17.4. The van der Waals surface area contributed by atoms with Crippen molar-refractivity contribution in [3.63, 3.8) is 0 Å². The van der Waals surface area contributed by atoms with E-state index < -0.39 is 11.6 Å². The number of carbonyl (C=O) groups excluding carboxylic acids is 1. The molecule has 132 valence electrons. The van der Waals surface area contributed by atoms with Crippen molar-refractivity contribution in [3.8, 4) is 16.9 Å². The van der Waals surface area contributed by atoms with Gasteiger partial charge in [-0.2, -0.15) is 0 Å². The summed E-state index contributed by atoms with van der Waals surface area (Å²) in [6.07, 6.45) is 0.832. The average molecular weight is 346 g/mol. The molecule has 0 unspecified atom stereocenters. The van der Waals surface area contributed by atoms with Gasteiger partial charge in [0.15, 0.2) is 0 Å². The Balaban J connectivity index is 1.85. The largest absolute Gasteiger partial charge is 0.497 e. The second-order valence-electron chi connectivity index (χ2n) is 6.18. The van der Waals surface area contributed by atoms with Crippen molar-refractivity contribution in [1.29, 1.82) is 0 Å². The lowest BCUT2D eigenvalue weighted by Crippen LogP contribution is -2.30. The number of amides is 1. The zero-order valence-electron chi connectivity index (χ0n) is 14.0. The maximum absolute atomic E-state index is 14.5. The van der Waals surface area contributed by atoms with Gasteiger partial charge in [0.2, 0.25) is 0 Å². The molecular formula is C19H20F2N2O2. The van der Waals surface area contributed by atoms with E-state index in [2.05, 4.69) is 0 Å². The van der Waals surface area contributed by atoms with Crippen LogP contribution in [0.4, 0.5) is 8.78 Å². The highest BCUT2D eigenvalue weighted by Gasteiger charge is 2.27. The average Bonchev–Trinajstić information content (AvgIpc) is 3.10. The van der Waals surface area contributed by atoms with Crippen molar-refractivity contribution in [2.75, 3.05) is 26.7 Å². The lowest BCUT2D eigenvalue weighted by atomic mass is 10.0. The Morgan fingerprint density at radius 2 is 2.04 bits per heavy atom. The third-order valence-electron chi connectivity index (χ3n) is 4.59. The Hall–Kier alpha value is -2.47. The first-order valence-corrected chi connectivity index (χ1v) is 8.16. The molecule has 2 aromatic rings. The van der Waals surface area contributed by atoms with Crippen LogP contribution in [0.1, 0.15) is 16.8 Å². The Kier molecular flexibility index (Phi) is 4.99. The van der Waals surface area contributed by atoms with Gasteiger partial charge in [-0.25, -0.2) is 8.78 Å². The molecule has 1 amide bonds. The second kappa shape index (κ2) is 7.19. The van der Waals surface area contributed by atoms with Crippen molar-refractivity contribution in [2.24, 2.45) is 11.7 Å². The highest BCUT2D eigenvalue weighted by molar-refractivity contribution is 5.95. The predicted octanol–water partition coefficient (Wildman–Crippen LogP) is 3.06. The van der Waals surface area contributed by atoms with Crippen LogP contribution in [0, 0.1) is 17.6 Å². The monoisotopic (exact) mass is 346 g/mol. The molecule has 1 heterocycles. The molecule has 0 bridgehead atoms. The first-order chi connectivity index (χ1) is 12.0. The predicted molar refractivity (Wildman–Crippen MR) is 91.4 cm³/mol. The van der Waals surface area contributed by atoms with Crippen LogP contribution in [0.2, 0.25) is 0 Å². The number of benzene rings is 2. The minimum atomic E-state index is -0.658. The molecule has 2 N–H and O–H groups in total. The van der Waals surface area contributed by atoms with Crippen molar-refractivity contribution >= 4 is 5.91 Å². The van der Waals surface area contributed by atoms with Crippen LogP contribution in [0.15, 0.2) is 36.4 Å². The minimum absolute atomic E-state index is 0.00431. The van der Waals surface area contributed by atoms with E-state index in [-0.39, 0.29) is 23.0 Å². The number of hydrogen-bond donors (Lipinski definition) is 1. The van der Waals surface area contributed by atoms with Crippen LogP contribution in [0.3, 0.4) is 0 Å². The van der Waals surface area contributed by atoms with E-state index in [1.165, 1.54) is 31.4 Å². The van der Waals surface area contributed by atoms with Crippen LogP contribution in [-0.2, 0) is 0 Å². The molecule has 0 saturated carbocycles. The van der Waals surface area contributed by atoms with Gasteiger partial charge in [0.1, 0.15) is 17.4 Å². The zero-order chi connectivity index (χ0) is 18.0. The lowest BCUT2D eigenvalue weighted by molar-refractivity contribution is 0.0783. The van der Waals surface area contributed by atoms with E-state index in [0.29, 0.717) is 30.9 Å². The normalized spacial score (nSPS) is 17.0. The fourth-order valence-corrected chi connectivity index (χ4v) is 3.09. The number of rotatable bonds is 4. The van der Waals surface area contributed by atoms with Gasteiger partial charge in [-0.15, -0.1) is 0 Å². The summed E-state index contributed by atoms with van der Waals surface area (Å²) in [5.41, 5.74) is 6.25. The van der Waals surface area contributed by atoms with Gasteiger partial charge in [0.25, 0.3) is 5.91 Å². The fraction of sp³-hybridized carbons (Fsp3) is 0.316. The summed E-state index contributed by atoms with van der Waals surface area (Å²) in [5.74, 6) is -0.871. The number of nitrogens with zero attached hydrogens (tertiary/aromatic N) is 1. The summed E-state index contributed by atoms with van der Waals surface area (Å²) in [6.45, 7) is 1.64. The van der Waals surface area contributed by atoms with E-state index in [1.54, 1.807) is 17.0 Å². The number of likely N-dealkylation sites (tertiary alicyclic amines) is 1. The molecule has 6 heteroatoms. The maximum atomic E-state index is 14.5. The number of nitrogens with two attached hydrogens (primary N) is 1. The summed E-state index contributed by atoms with van der Waals surface area (Å²) < 4.78 is 33.6. The Bertz CT molecular complexity index is 795. The van der Waals surface area contributed by atoms with Crippen LogP contribution in [0.25, 0.3) is 11.1 Å². The molecule has 1 atom stereocenters. The quantitative estimate of drug-likeness (QED) is 0.926. The summed E-state index contributed by atoms with van der Waals surface area (Å²) in [4.78, 5) is 14.1. The van der Waals surface area contributed by atoms with Crippen molar-refractivity contribution in [3.05, 3.63) is 53.6 Å². The molecule has 1 aliphatic rings. The zero-order valence-corrected chi connectivity index (χ0v) is 14.0. The molecule has 1 saturated heterocycles. The SMILES string of the molecule is COc1ccc(-c2ccc(C(=O)N3CC[C@H](CN)C3)c(F)c2)c(F)c1. The van der Waals surface area contributed by atoms with Gasteiger partial charge in [-0.1, -0.05) is 6.07 Å². The molecule has 0 radical (unpaired) electrons. The van der Waals surface area contributed by atoms with Gasteiger partial charge in [-0.05, 0) is 48.7 Å². The molecule has 1 fully saturated rings. The van der Waals surface area contributed by atoms with Crippen molar-refractivity contribution in [1.82, 2.24) is 4.90 Å². The van der Waals surface area contributed by atoms with E-state index in [9.17, 15) is 13.6 Å². The standard InChI is InChI=1S/C19H20F2N2O2/c1-25-14-3-5-15(18(21)9-14)13-2-4-16(17(20)8-13)19(24)23-7-6-12(10-22)11-23/h2-5,8-9,12H,6-7,10-11,22H2,1H3/t12-/m1/s1. The Morgan fingerprint density at radius 3 is 2.64 bits per heavy atom. The molecule has 0 aliphatic carbocycles. The molecule has 2 aromatic carbocycles. The molecule has 0 spiro atoms.